The van der Waals surface area contributed by atoms with Gasteiger partial charge in [0.15, 0.2) is 29.1 Å². The molecule has 12 heteroatoms. The van der Waals surface area contributed by atoms with Gasteiger partial charge < -0.3 is 33.3 Å². The van der Waals surface area contributed by atoms with E-state index in [1.807, 2.05) is 0 Å². The minimum atomic E-state index is -1.79. The molecule has 0 aromatic heterocycles. The first-order chi connectivity index (χ1) is 18.9. The van der Waals surface area contributed by atoms with Crippen LogP contribution in [0.4, 0.5) is 4.79 Å². The molecule has 2 aliphatic rings. The molecule has 0 aliphatic carbocycles. The average molecular weight is 542 g/mol. The van der Waals surface area contributed by atoms with Crippen LogP contribution in [0.2, 0.25) is 0 Å². The number of methoxy groups -OCH3 is 4. The number of esters is 1. The molecule has 2 aromatic rings. The van der Waals surface area contributed by atoms with E-state index in [9.17, 15) is 14.4 Å². The average Bonchev–Trinajstić information content (AvgIpc) is 3.61. The van der Waals surface area contributed by atoms with Crippen molar-refractivity contribution < 1.29 is 52.6 Å². The number of aldehydes is 1. The number of hydrogen-bond acceptors (Lipinski definition) is 11. The molecule has 12 nitrogen and oxygen atoms in total. The number of alkyl carbamates (subject to hydrolysis) is 1. The van der Waals surface area contributed by atoms with Crippen LogP contribution >= 0.6 is 0 Å². The normalized spacial score (nSPS) is 17.5. The van der Waals surface area contributed by atoms with Crippen LogP contribution in [0.3, 0.4) is 0 Å². The zero-order valence-electron chi connectivity index (χ0n) is 21.7. The van der Waals surface area contributed by atoms with E-state index in [4.69, 9.17) is 38.2 Å². The highest BCUT2D eigenvalue weighted by atomic mass is 17.2. The molecule has 1 N–H and O–H groups in total. The third-order valence-electron chi connectivity index (χ3n) is 6.07. The van der Waals surface area contributed by atoms with Crippen molar-refractivity contribution in [1.29, 1.82) is 0 Å². The number of rotatable bonds is 11. The summed E-state index contributed by atoms with van der Waals surface area (Å²) in [5, 5.41) is 2.54. The van der Waals surface area contributed by atoms with Crippen LogP contribution in [0.25, 0.3) is 0 Å². The minimum absolute atomic E-state index is 0.0382. The predicted molar refractivity (Wildman–Crippen MR) is 133 cm³/mol. The molecule has 1 amide bonds. The summed E-state index contributed by atoms with van der Waals surface area (Å²) in [6, 6.07) is 9.81. The minimum Gasteiger partial charge on any atom is -0.497 e. The van der Waals surface area contributed by atoms with Crippen molar-refractivity contribution in [1.82, 2.24) is 5.32 Å². The smallest absolute Gasteiger partial charge is 0.411 e. The molecule has 0 radical (unpaired) electrons. The zero-order chi connectivity index (χ0) is 28.0. The van der Waals surface area contributed by atoms with E-state index in [0.717, 1.165) is 0 Å². The van der Waals surface area contributed by atoms with E-state index < -0.39 is 23.9 Å². The Morgan fingerprint density at radius 1 is 1.05 bits per heavy atom. The van der Waals surface area contributed by atoms with Gasteiger partial charge in [0, 0.05) is 18.1 Å². The van der Waals surface area contributed by atoms with Gasteiger partial charge in [-0.2, -0.15) is 4.89 Å². The summed E-state index contributed by atoms with van der Waals surface area (Å²) in [5.41, 5.74) is -0.415. The Bertz CT molecular complexity index is 1280. The van der Waals surface area contributed by atoms with Crippen LogP contribution < -0.4 is 24.3 Å². The molecule has 0 saturated carbocycles. The summed E-state index contributed by atoms with van der Waals surface area (Å²) in [6.45, 7) is 0.0692. The van der Waals surface area contributed by atoms with Gasteiger partial charge in [0.05, 0.1) is 28.4 Å². The van der Waals surface area contributed by atoms with Gasteiger partial charge in [-0.25, -0.2) is 9.59 Å². The number of carbonyl (C=O) groups is 3. The summed E-state index contributed by atoms with van der Waals surface area (Å²) in [4.78, 5) is 47.8. The highest BCUT2D eigenvalue weighted by Crippen LogP contribution is 2.39. The summed E-state index contributed by atoms with van der Waals surface area (Å²) < 4.78 is 31.9. The molecular weight excluding hydrogens is 514 g/mol. The first-order valence-corrected chi connectivity index (χ1v) is 11.7. The first-order valence-electron chi connectivity index (χ1n) is 11.7. The van der Waals surface area contributed by atoms with Gasteiger partial charge in [0.2, 0.25) is 5.75 Å². The zero-order valence-corrected chi connectivity index (χ0v) is 21.7. The second-order valence-corrected chi connectivity index (χ2v) is 8.32. The number of nitrogens with one attached hydrogen (secondary N) is 1. The van der Waals surface area contributed by atoms with Gasteiger partial charge in [0.25, 0.3) is 6.29 Å². The molecule has 39 heavy (non-hydrogen) atoms. The van der Waals surface area contributed by atoms with E-state index in [2.05, 4.69) is 5.32 Å². The molecule has 0 saturated heterocycles. The SMILES string of the molecule is COc1ccc(C(C=O)(NC(=O)OC2OC(=O)C=C2Cc2cc(OC)c(OC)c(OC)c2)C2=CCOO2)cc1. The maximum Gasteiger partial charge on any atom is 0.411 e. The second kappa shape index (κ2) is 11.8. The fourth-order valence-corrected chi connectivity index (χ4v) is 4.18. The van der Waals surface area contributed by atoms with Crippen LogP contribution in [0.15, 0.2) is 59.9 Å². The van der Waals surface area contributed by atoms with Crippen LogP contribution in [-0.2, 0) is 40.8 Å². The van der Waals surface area contributed by atoms with E-state index in [0.29, 0.717) is 46.0 Å². The molecule has 2 unspecified atom stereocenters. The summed E-state index contributed by atoms with van der Waals surface area (Å²) >= 11 is 0. The lowest BCUT2D eigenvalue weighted by Crippen LogP contribution is -2.50. The van der Waals surface area contributed by atoms with Gasteiger partial charge in [-0.1, -0.05) is 12.1 Å². The van der Waals surface area contributed by atoms with E-state index in [1.165, 1.54) is 40.6 Å². The highest BCUT2D eigenvalue weighted by molar-refractivity contribution is 5.87. The maximum atomic E-state index is 13.1. The van der Waals surface area contributed by atoms with Gasteiger partial charge in [-0.05, 0) is 41.5 Å². The van der Waals surface area contributed by atoms with Gasteiger partial charge in [-0.3, -0.25) is 10.1 Å². The maximum absolute atomic E-state index is 13.1. The van der Waals surface area contributed by atoms with E-state index >= 15 is 0 Å². The molecular formula is C27H27NO11. The lowest BCUT2D eigenvalue weighted by atomic mass is 9.89. The van der Waals surface area contributed by atoms with E-state index in [1.54, 1.807) is 36.4 Å². The summed E-state index contributed by atoms with van der Waals surface area (Å²) in [5.74, 6) is 1.11. The Kier molecular flexibility index (Phi) is 8.25. The lowest BCUT2D eigenvalue weighted by Gasteiger charge is -2.29. The second-order valence-electron chi connectivity index (χ2n) is 8.32. The van der Waals surface area contributed by atoms with Crippen molar-refractivity contribution >= 4 is 18.3 Å². The number of amides is 1. The van der Waals surface area contributed by atoms with Crippen LogP contribution in [0.1, 0.15) is 11.1 Å². The van der Waals surface area contributed by atoms with Crippen molar-refractivity contribution in [3.05, 3.63) is 71.0 Å². The molecule has 2 heterocycles. The third kappa shape index (κ3) is 5.60. The largest absolute Gasteiger partial charge is 0.497 e. The Balaban J connectivity index is 1.56. The van der Waals surface area contributed by atoms with Crippen LogP contribution in [0.5, 0.6) is 23.0 Å². The Morgan fingerprint density at radius 2 is 1.74 bits per heavy atom. The van der Waals surface area contributed by atoms with Crippen LogP contribution in [-0.4, -0.2) is 59.7 Å². The highest BCUT2D eigenvalue weighted by Gasteiger charge is 2.44. The Morgan fingerprint density at radius 3 is 2.28 bits per heavy atom. The first kappa shape index (κ1) is 27.3. The fourth-order valence-electron chi connectivity index (χ4n) is 4.18. The Labute approximate surface area is 223 Å². The van der Waals surface area contributed by atoms with Crippen molar-refractivity contribution in [2.45, 2.75) is 18.2 Å². The third-order valence-corrected chi connectivity index (χ3v) is 6.07. The standard InChI is InChI=1S/C27H27NO11/c1-32-19-7-5-18(6-8-19)27(15-29,22-9-10-36-39-22)28-26(31)38-25-17(14-23(30)37-25)11-16-12-20(33-2)24(35-4)21(13-16)34-3/h5-9,12-15,25H,10-11H2,1-4H3,(H,28,31). The number of hydrogen-bond donors (Lipinski definition) is 1. The predicted octanol–water partition coefficient (Wildman–Crippen LogP) is 2.74. The van der Waals surface area contributed by atoms with Gasteiger partial charge >= 0.3 is 12.1 Å². The molecule has 0 bridgehead atoms. The molecule has 206 valence electrons. The number of cyclic esters (lactones) is 1. The molecule has 2 aliphatic heterocycles. The molecule has 2 atom stereocenters. The van der Waals surface area contributed by atoms with Crippen molar-refractivity contribution in [2.75, 3.05) is 35.0 Å². The van der Waals surface area contributed by atoms with Crippen molar-refractivity contribution in [2.24, 2.45) is 0 Å². The van der Waals surface area contributed by atoms with Gasteiger partial charge in [0.1, 0.15) is 12.4 Å². The van der Waals surface area contributed by atoms with Crippen LogP contribution in [0, 0.1) is 0 Å². The Hall–Kier alpha value is -4.71. The summed E-state index contributed by atoms with van der Waals surface area (Å²) in [7, 11) is 5.95. The monoisotopic (exact) mass is 541 g/mol. The summed E-state index contributed by atoms with van der Waals surface area (Å²) in [6.07, 6.45) is 0.971. The molecule has 0 fully saturated rings. The van der Waals surface area contributed by atoms with Crippen molar-refractivity contribution in [3.63, 3.8) is 0 Å². The number of ether oxygens (including phenoxy) is 6. The topological polar surface area (TPSA) is 137 Å². The molecule has 4 rings (SSSR count). The number of benzene rings is 2. The fraction of sp³-hybridized carbons (Fsp3) is 0.296. The lowest BCUT2D eigenvalue weighted by molar-refractivity contribution is -0.241. The van der Waals surface area contributed by atoms with Crippen molar-refractivity contribution in [3.8, 4) is 23.0 Å². The quantitative estimate of drug-likeness (QED) is 0.255. The molecule has 0 spiro atoms. The molecule has 2 aromatic carbocycles. The van der Waals surface area contributed by atoms with Gasteiger partial charge in [-0.15, -0.1) is 0 Å². The number of carbonyl (C=O) groups excluding carboxylic acids is 3. The van der Waals surface area contributed by atoms with E-state index in [-0.39, 0.29) is 18.8 Å².